The molecule has 0 aromatic carbocycles. The van der Waals surface area contributed by atoms with Gasteiger partial charge >= 0.3 is 5.97 Å². The lowest BCUT2D eigenvalue weighted by atomic mass is 9.94. The first-order valence-corrected chi connectivity index (χ1v) is 5.33. The molecule has 0 atom stereocenters. The van der Waals surface area contributed by atoms with Crippen molar-refractivity contribution in [2.45, 2.75) is 25.4 Å². The van der Waals surface area contributed by atoms with Gasteiger partial charge in [0.25, 0.3) is 0 Å². The van der Waals surface area contributed by atoms with Gasteiger partial charge in [-0.15, -0.1) is 0 Å². The summed E-state index contributed by atoms with van der Waals surface area (Å²) < 4.78 is 9.91. The molecule has 0 saturated carbocycles. The number of nitrogens with one attached hydrogen (secondary N) is 1. The molecule has 2 N–H and O–H groups in total. The van der Waals surface area contributed by atoms with Gasteiger partial charge in [-0.2, -0.15) is 0 Å². The van der Waals surface area contributed by atoms with Crippen LogP contribution < -0.4 is 5.32 Å². The van der Waals surface area contributed by atoms with Crippen LogP contribution in [-0.2, 0) is 14.3 Å². The number of rotatable bonds is 5. The normalized spacial score (nSPS) is 19.9. The summed E-state index contributed by atoms with van der Waals surface area (Å²) in [6.07, 6.45) is 1.23. The Morgan fingerprint density at radius 2 is 2.20 bits per heavy atom. The SMILES string of the molecule is CCOC(=O)CNCC1(O)CCOCC1. The van der Waals surface area contributed by atoms with Crippen LogP contribution in [0.25, 0.3) is 0 Å². The van der Waals surface area contributed by atoms with Crippen molar-refractivity contribution < 1.29 is 19.4 Å². The van der Waals surface area contributed by atoms with Crippen LogP contribution in [0, 0.1) is 0 Å². The smallest absolute Gasteiger partial charge is 0.319 e. The molecule has 1 heterocycles. The summed E-state index contributed by atoms with van der Waals surface area (Å²) in [5.41, 5.74) is -0.731. The minimum Gasteiger partial charge on any atom is -0.465 e. The molecule has 0 amide bonds. The van der Waals surface area contributed by atoms with Crippen molar-refractivity contribution in [3.8, 4) is 0 Å². The zero-order valence-electron chi connectivity index (χ0n) is 9.12. The van der Waals surface area contributed by atoms with E-state index < -0.39 is 5.60 Å². The van der Waals surface area contributed by atoms with Gasteiger partial charge in [-0.3, -0.25) is 4.79 Å². The van der Waals surface area contributed by atoms with E-state index in [1.165, 1.54) is 0 Å². The predicted molar refractivity (Wildman–Crippen MR) is 54.5 cm³/mol. The highest BCUT2D eigenvalue weighted by Crippen LogP contribution is 2.18. The van der Waals surface area contributed by atoms with Gasteiger partial charge < -0.3 is 19.9 Å². The van der Waals surface area contributed by atoms with Crippen LogP contribution in [0.4, 0.5) is 0 Å². The Hall–Kier alpha value is -0.650. The number of hydrogen-bond donors (Lipinski definition) is 2. The molecular weight excluding hydrogens is 198 g/mol. The van der Waals surface area contributed by atoms with Crippen LogP contribution in [0.5, 0.6) is 0 Å². The van der Waals surface area contributed by atoms with Crippen LogP contribution in [-0.4, -0.2) is 49.6 Å². The number of carbonyl (C=O) groups excluding carboxylic acids is 1. The molecule has 0 unspecified atom stereocenters. The third-order valence-corrected chi connectivity index (χ3v) is 2.45. The first-order chi connectivity index (χ1) is 7.16. The van der Waals surface area contributed by atoms with E-state index in [4.69, 9.17) is 9.47 Å². The largest absolute Gasteiger partial charge is 0.465 e. The Bertz CT molecular complexity index is 202. The molecule has 0 spiro atoms. The maximum absolute atomic E-state index is 11.0. The standard InChI is InChI=1S/C10H19NO4/c1-2-15-9(12)7-11-8-10(13)3-5-14-6-4-10/h11,13H,2-8H2,1H3. The van der Waals surface area contributed by atoms with E-state index in [9.17, 15) is 9.90 Å². The summed E-state index contributed by atoms with van der Waals surface area (Å²) in [4.78, 5) is 11.0. The van der Waals surface area contributed by atoms with Crippen molar-refractivity contribution in [1.82, 2.24) is 5.32 Å². The third-order valence-electron chi connectivity index (χ3n) is 2.45. The highest BCUT2D eigenvalue weighted by Gasteiger charge is 2.29. The van der Waals surface area contributed by atoms with E-state index in [0.29, 0.717) is 39.2 Å². The Balaban J connectivity index is 2.15. The van der Waals surface area contributed by atoms with Gasteiger partial charge in [-0.25, -0.2) is 0 Å². The van der Waals surface area contributed by atoms with Gasteiger partial charge in [0.2, 0.25) is 0 Å². The van der Waals surface area contributed by atoms with Crippen molar-refractivity contribution in [3.63, 3.8) is 0 Å². The van der Waals surface area contributed by atoms with Gasteiger partial charge in [0.15, 0.2) is 0 Å². The summed E-state index contributed by atoms with van der Waals surface area (Å²) in [5.74, 6) is -0.284. The highest BCUT2D eigenvalue weighted by atomic mass is 16.5. The molecule has 15 heavy (non-hydrogen) atoms. The molecule has 1 aliphatic rings. The zero-order valence-corrected chi connectivity index (χ0v) is 9.12. The number of hydrogen-bond acceptors (Lipinski definition) is 5. The van der Waals surface area contributed by atoms with Crippen molar-refractivity contribution in [2.75, 3.05) is 32.9 Å². The van der Waals surface area contributed by atoms with E-state index in [1.54, 1.807) is 6.92 Å². The summed E-state index contributed by atoms with van der Waals surface area (Å²) in [6.45, 7) is 3.88. The van der Waals surface area contributed by atoms with E-state index in [-0.39, 0.29) is 12.5 Å². The number of carbonyl (C=O) groups is 1. The lowest BCUT2D eigenvalue weighted by Gasteiger charge is -2.32. The lowest BCUT2D eigenvalue weighted by molar-refractivity contribution is -0.142. The molecule has 0 bridgehead atoms. The van der Waals surface area contributed by atoms with Crippen molar-refractivity contribution >= 4 is 5.97 Å². The van der Waals surface area contributed by atoms with Crippen LogP contribution >= 0.6 is 0 Å². The zero-order chi connectivity index (χ0) is 11.1. The van der Waals surface area contributed by atoms with Crippen LogP contribution in [0.3, 0.4) is 0 Å². The first kappa shape index (κ1) is 12.4. The van der Waals surface area contributed by atoms with Crippen LogP contribution in [0.1, 0.15) is 19.8 Å². The van der Waals surface area contributed by atoms with Gasteiger partial charge in [-0.1, -0.05) is 0 Å². The van der Waals surface area contributed by atoms with E-state index in [2.05, 4.69) is 5.32 Å². The Morgan fingerprint density at radius 1 is 1.53 bits per heavy atom. The fourth-order valence-electron chi connectivity index (χ4n) is 1.54. The first-order valence-electron chi connectivity index (χ1n) is 5.33. The van der Waals surface area contributed by atoms with E-state index >= 15 is 0 Å². The second-order valence-corrected chi connectivity index (χ2v) is 3.75. The third kappa shape index (κ3) is 4.59. The van der Waals surface area contributed by atoms with Gasteiger partial charge in [-0.05, 0) is 6.92 Å². The molecule has 88 valence electrons. The summed E-state index contributed by atoms with van der Waals surface area (Å²) >= 11 is 0. The lowest BCUT2D eigenvalue weighted by Crippen LogP contribution is -2.46. The molecule has 1 aliphatic heterocycles. The number of esters is 1. The van der Waals surface area contributed by atoms with Crippen LogP contribution in [0.2, 0.25) is 0 Å². The Labute approximate surface area is 89.8 Å². The second kappa shape index (κ2) is 6.05. The maximum atomic E-state index is 11.0. The van der Waals surface area contributed by atoms with Gasteiger partial charge in [0.05, 0.1) is 18.8 Å². The quantitative estimate of drug-likeness (QED) is 0.618. The minimum absolute atomic E-state index is 0.150. The predicted octanol–water partition coefficient (Wildman–Crippen LogP) is -0.319. The summed E-state index contributed by atoms with van der Waals surface area (Å²) in [7, 11) is 0. The molecule has 0 aliphatic carbocycles. The molecular formula is C10H19NO4. The average molecular weight is 217 g/mol. The van der Waals surface area contributed by atoms with E-state index in [1.807, 2.05) is 0 Å². The molecule has 0 aromatic heterocycles. The van der Waals surface area contributed by atoms with Crippen molar-refractivity contribution in [3.05, 3.63) is 0 Å². The average Bonchev–Trinajstić information content (AvgIpc) is 2.19. The minimum atomic E-state index is -0.731. The monoisotopic (exact) mass is 217 g/mol. The molecule has 1 rings (SSSR count). The van der Waals surface area contributed by atoms with Gasteiger partial charge in [0, 0.05) is 32.6 Å². The molecule has 5 heteroatoms. The summed E-state index contributed by atoms with van der Waals surface area (Å²) in [6, 6.07) is 0. The van der Waals surface area contributed by atoms with Gasteiger partial charge in [0.1, 0.15) is 0 Å². The number of aliphatic hydroxyl groups is 1. The Kier molecular flexibility index (Phi) is 5.01. The highest BCUT2D eigenvalue weighted by molar-refractivity contribution is 5.71. The molecule has 0 aromatic rings. The van der Waals surface area contributed by atoms with E-state index in [0.717, 1.165) is 0 Å². The number of ether oxygens (including phenoxy) is 2. The fraction of sp³-hybridized carbons (Fsp3) is 0.900. The van der Waals surface area contributed by atoms with Crippen molar-refractivity contribution in [2.24, 2.45) is 0 Å². The second-order valence-electron chi connectivity index (χ2n) is 3.75. The molecule has 1 saturated heterocycles. The summed E-state index contributed by atoms with van der Waals surface area (Å²) in [5, 5.41) is 12.9. The fourth-order valence-corrected chi connectivity index (χ4v) is 1.54. The molecule has 1 fully saturated rings. The molecule has 0 radical (unpaired) electrons. The maximum Gasteiger partial charge on any atom is 0.319 e. The topological polar surface area (TPSA) is 67.8 Å². The molecule has 5 nitrogen and oxygen atoms in total. The van der Waals surface area contributed by atoms with Crippen molar-refractivity contribution in [1.29, 1.82) is 0 Å². The van der Waals surface area contributed by atoms with Crippen LogP contribution in [0.15, 0.2) is 0 Å². The Morgan fingerprint density at radius 3 is 2.80 bits per heavy atom.